The number of amides is 1. The van der Waals surface area contributed by atoms with E-state index in [-0.39, 0.29) is 5.91 Å². The summed E-state index contributed by atoms with van der Waals surface area (Å²) in [6.07, 6.45) is 1.45. The molecule has 0 spiro atoms. The molecule has 0 aliphatic carbocycles. The first-order valence-electron chi connectivity index (χ1n) is 5.13. The Morgan fingerprint density at radius 1 is 1.56 bits per heavy atom. The van der Waals surface area contributed by atoms with Crippen molar-refractivity contribution in [3.63, 3.8) is 0 Å². The first-order chi connectivity index (χ1) is 8.61. The number of carbonyl (C=O) groups is 1. The molecule has 2 N–H and O–H groups in total. The van der Waals surface area contributed by atoms with E-state index in [2.05, 4.69) is 15.5 Å². The Bertz CT molecular complexity index is 642. The highest BCUT2D eigenvalue weighted by Crippen LogP contribution is 2.20. The maximum atomic E-state index is 11.9. The smallest absolute Gasteiger partial charge is 0.259 e. The highest BCUT2D eigenvalue weighted by atomic mass is 35.5. The van der Waals surface area contributed by atoms with E-state index in [0.717, 1.165) is 0 Å². The molecule has 0 fully saturated rings. The average molecular weight is 261 g/mol. The van der Waals surface area contributed by atoms with Crippen LogP contribution < -0.4 is 5.32 Å². The zero-order valence-electron chi connectivity index (χ0n) is 9.49. The highest BCUT2D eigenvalue weighted by Gasteiger charge is 2.11. The van der Waals surface area contributed by atoms with Crippen molar-refractivity contribution in [2.75, 3.05) is 5.32 Å². The molecule has 2 aromatic rings. The fourth-order valence-electron chi connectivity index (χ4n) is 1.46. The molecule has 0 aliphatic rings. The molecule has 0 aliphatic heterocycles. The maximum absolute atomic E-state index is 11.9. The molecule has 1 amide bonds. The van der Waals surface area contributed by atoms with Crippen molar-refractivity contribution < 1.29 is 4.79 Å². The van der Waals surface area contributed by atoms with E-state index in [4.69, 9.17) is 16.9 Å². The minimum Gasteiger partial charge on any atom is -0.322 e. The third-order valence-corrected chi connectivity index (χ3v) is 2.73. The van der Waals surface area contributed by atoms with Gasteiger partial charge in [0.05, 0.1) is 22.3 Å². The van der Waals surface area contributed by atoms with E-state index in [1.807, 2.05) is 6.07 Å². The SMILES string of the molecule is Cc1[nH]ncc1C(=O)Nc1ccc(C#N)c(Cl)c1. The van der Waals surface area contributed by atoms with E-state index < -0.39 is 0 Å². The minimum absolute atomic E-state index is 0.276. The number of aromatic nitrogens is 2. The minimum atomic E-state index is -0.276. The van der Waals surface area contributed by atoms with Crippen LogP contribution in [0, 0.1) is 18.3 Å². The third kappa shape index (κ3) is 2.34. The molecule has 0 bridgehead atoms. The Morgan fingerprint density at radius 3 is 2.89 bits per heavy atom. The van der Waals surface area contributed by atoms with Crippen LogP contribution in [-0.4, -0.2) is 16.1 Å². The van der Waals surface area contributed by atoms with E-state index in [9.17, 15) is 4.79 Å². The summed E-state index contributed by atoms with van der Waals surface area (Å²) in [6, 6.07) is 6.67. The quantitative estimate of drug-likeness (QED) is 0.870. The number of nitriles is 1. The Labute approximate surface area is 108 Å². The Kier molecular flexibility index (Phi) is 3.31. The molecule has 90 valence electrons. The lowest BCUT2D eigenvalue weighted by molar-refractivity contribution is 0.102. The molecule has 1 heterocycles. The summed E-state index contributed by atoms with van der Waals surface area (Å²) in [5, 5.41) is 18.2. The lowest BCUT2D eigenvalue weighted by Gasteiger charge is -2.05. The number of benzene rings is 1. The van der Waals surface area contributed by atoms with Crippen LogP contribution in [0.15, 0.2) is 24.4 Å². The highest BCUT2D eigenvalue weighted by molar-refractivity contribution is 6.32. The largest absolute Gasteiger partial charge is 0.322 e. The first kappa shape index (κ1) is 12.1. The predicted molar refractivity (Wildman–Crippen MR) is 67.4 cm³/mol. The van der Waals surface area contributed by atoms with Crippen LogP contribution in [0.5, 0.6) is 0 Å². The van der Waals surface area contributed by atoms with Crippen LogP contribution in [0.4, 0.5) is 5.69 Å². The van der Waals surface area contributed by atoms with Gasteiger partial charge in [-0.3, -0.25) is 9.89 Å². The standard InChI is InChI=1S/C12H9ClN4O/c1-7-10(6-15-17-7)12(18)16-9-3-2-8(5-14)11(13)4-9/h2-4,6H,1H3,(H,15,17)(H,16,18). The van der Waals surface area contributed by atoms with Crippen molar-refractivity contribution in [2.45, 2.75) is 6.92 Å². The van der Waals surface area contributed by atoms with Gasteiger partial charge < -0.3 is 5.32 Å². The number of aromatic amines is 1. The second kappa shape index (κ2) is 4.90. The van der Waals surface area contributed by atoms with Crippen molar-refractivity contribution in [1.82, 2.24) is 10.2 Å². The van der Waals surface area contributed by atoms with Gasteiger partial charge in [0.1, 0.15) is 6.07 Å². The van der Waals surface area contributed by atoms with Crippen molar-refractivity contribution >= 4 is 23.2 Å². The van der Waals surface area contributed by atoms with Crippen LogP contribution in [0.2, 0.25) is 5.02 Å². The fourth-order valence-corrected chi connectivity index (χ4v) is 1.68. The van der Waals surface area contributed by atoms with Crippen molar-refractivity contribution in [2.24, 2.45) is 0 Å². The zero-order valence-corrected chi connectivity index (χ0v) is 10.2. The number of nitrogens with one attached hydrogen (secondary N) is 2. The van der Waals surface area contributed by atoms with Gasteiger partial charge in [-0.05, 0) is 25.1 Å². The number of carbonyl (C=O) groups excluding carboxylic acids is 1. The van der Waals surface area contributed by atoms with Gasteiger partial charge in [-0.1, -0.05) is 11.6 Å². The Hall–Kier alpha value is -2.32. The van der Waals surface area contributed by atoms with E-state index in [0.29, 0.717) is 27.5 Å². The molecule has 1 aromatic heterocycles. The molecule has 0 saturated carbocycles. The van der Waals surface area contributed by atoms with Crippen LogP contribution in [-0.2, 0) is 0 Å². The van der Waals surface area contributed by atoms with Gasteiger partial charge in [-0.2, -0.15) is 10.4 Å². The van der Waals surface area contributed by atoms with Crippen molar-refractivity contribution in [3.8, 4) is 6.07 Å². The zero-order chi connectivity index (χ0) is 13.1. The summed E-state index contributed by atoms with van der Waals surface area (Å²) >= 11 is 5.88. The predicted octanol–water partition coefficient (Wildman–Crippen LogP) is 2.50. The molecular formula is C12H9ClN4O. The van der Waals surface area contributed by atoms with E-state index >= 15 is 0 Å². The molecule has 6 heteroatoms. The molecule has 0 atom stereocenters. The van der Waals surface area contributed by atoms with Crippen molar-refractivity contribution in [1.29, 1.82) is 5.26 Å². The number of hydrogen-bond acceptors (Lipinski definition) is 3. The average Bonchev–Trinajstić information content (AvgIpc) is 2.76. The second-order valence-electron chi connectivity index (χ2n) is 3.67. The number of hydrogen-bond donors (Lipinski definition) is 2. The molecule has 18 heavy (non-hydrogen) atoms. The van der Waals surface area contributed by atoms with E-state index in [1.165, 1.54) is 12.3 Å². The summed E-state index contributed by atoms with van der Waals surface area (Å²) < 4.78 is 0. The normalized spacial score (nSPS) is 9.83. The maximum Gasteiger partial charge on any atom is 0.259 e. The summed E-state index contributed by atoms with van der Waals surface area (Å²) in [4.78, 5) is 11.9. The van der Waals surface area contributed by atoms with Gasteiger partial charge in [0.2, 0.25) is 0 Å². The van der Waals surface area contributed by atoms with Crippen LogP contribution >= 0.6 is 11.6 Å². The van der Waals surface area contributed by atoms with Gasteiger partial charge >= 0.3 is 0 Å². The molecule has 2 rings (SSSR count). The van der Waals surface area contributed by atoms with Crippen LogP contribution in [0.25, 0.3) is 0 Å². The Morgan fingerprint density at radius 2 is 2.33 bits per heavy atom. The van der Waals surface area contributed by atoms with Crippen LogP contribution in [0.3, 0.4) is 0 Å². The molecule has 1 aromatic carbocycles. The molecular weight excluding hydrogens is 252 g/mol. The number of halogens is 1. The first-order valence-corrected chi connectivity index (χ1v) is 5.50. The van der Waals surface area contributed by atoms with Gasteiger partial charge in [0, 0.05) is 11.4 Å². The summed E-state index contributed by atoms with van der Waals surface area (Å²) in [6.45, 7) is 1.76. The summed E-state index contributed by atoms with van der Waals surface area (Å²) in [5.41, 5.74) is 2.06. The molecule has 0 saturated heterocycles. The number of aryl methyl sites for hydroxylation is 1. The lowest BCUT2D eigenvalue weighted by Crippen LogP contribution is -2.12. The third-order valence-electron chi connectivity index (χ3n) is 2.42. The Balaban J connectivity index is 2.21. The number of H-pyrrole nitrogens is 1. The topological polar surface area (TPSA) is 81.6 Å². The monoisotopic (exact) mass is 260 g/mol. The van der Waals surface area contributed by atoms with Gasteiger partial charge in [0.15, 0.2) is 0 Å². The number of nitrogens with zero attached hydrogens (tertiary/aromatic N) is 2. The molecule has 0 unspecified atom stereocenters. The van der Waals surface area contributed by atoms with Gasteiger partial charge in [0.25, 0.3) is 5.91 Å². The molecule has 0 radical (unpaired) electrons. The van der Waals surface area contributed by atoms with Gasteiger partial charge in [-0.15, -0.1) is 0 Å². The fraction of sp³-hybridized carbons (Fsp3) is 0.0833. The van der Waals surface area contributed by atoms with Gasteiger partial charge in [-0.25, -0.2) is 0 Å². The summed E-state index contributed by atoms with van der Waals surface area (Å²) in [5.74, 6) is -0.276. The number of rotatable bonds is 2. The lowest BCUT2D eigenvalue weighted by atomic mass is 10.2. The number of anilines is 1. The molecule has 5 nitrogen and oxygen atoms in total. The van der Waals surface area contributed by atoms with Crippen LogP contribution in [0.1, 0.15) is 21.6 Å². The second-order valence-corrected chi connectivity index (χ2v) is 4.08. The summed E-state index contributed by atoms with van der Waals surface area (Å²) in [7, 11) is 0. The van der Waals surface area contributed by atoms with Crippen molar-refractivity contribution in [3.05, 3.63) is 46.2 Å². The van der Waals surface area contributed by atoms with E-state index in [1.54, 1.807) is 19.1 Å².